The molecule has 2 aromatic rings. The molecule has 0 atom stereocenters. The first-order valence-corrected chi connectivity index (χ1v) is 6.76. The highest BCUT2D eigenvalue weighted by atomic mass is 16.3. The third-order valence-electron chi connectivity index (χ3n) is 3.71. The van der Waals surface area contributed by atoms with Crippen molar-refractivity contribution >= 4 is 6.08 Å². The van der Waals surface area contributed by atoms with Gasteiger partial charge in [0, 0.05) is 5.56 Å². The van der Waals surface area contributed by atoms with Gasteiger partial charge in [0.25, 0.3) is 0 Å². The second kappa shape index (κ2) is 5.41. The highest BCUT2D eigenvalue weighted by Crippen LogP contribution is 2.37. The van der Waals surface area contributed by atoms with Gasteiger partial charge < -0.3 is 10.2 Å². The van der Waals surface area contributed by atoms with Crippen LogP contribution in [0, 0.1) is 13.8 Å². The maximum atomic E-state index is 10.3. The van der Waals surface area contributed by atoms with Crippen molar-refractivity contribution in [3.05, 3.63) is 53.1 Å². The normalized spacial score (nSPS) is 10.6. The molecule has 20 heavy (non-hydrogen) atoms. The van der Waals surface area contributed by atoms with Crippen molar-refractivity contribution in [1.29, 1.82) is 0 Å². The van der Waals surface area contributed by atoms with Crippen LogP contribution in [-0.4, -0.2) is 10.2 Å². The molecule has 0 aliphatic heterocycles. The molecule has 0 spiro atoms. The molecule has 2 heteroatoms. The molecule has 2 nitrogen and oxygen atoms in total. The zero-order chi connectivity index (χ0) is 14.9. The zero-order valence-corrected chi connectivity index (χ0v) is 12.2. The molecule has 0 saturated carbocycles. The molecule has 0 radical (unpaired) electrons. The van der Waals surface area contributed by atoms with Crippen LogP contribution in [0.15, 0.2) is 30.8 Å². The molecule has 2 N–H and O–H groups in total. The van der Waals surface area contributed by atoms with Gasteiger partial charge in [-0.05, 0) is 72.4 Å². The average molecular weight is 268 g/mol. The van der Waals surface area contributed by atoms with E-state index < -0.39 is 0 Å². The fourth-order valence-electron chi connectivity index (χ4n) is 2.45. The Morgan fingerprint density at radius 2 is 1.60 bits per heavy atom. The van der Waals surface area contributed by atoms with E-state index in [-0.39, 0.29) is 11.5 Å². The van der Waals surface area contributed by atoms with Crippen LogP contribution < -0.4 is 0 Å². The summed E-state index contributed by atoms with van der Waals surface area (Å²) in [6.07, 6.45) is 2.58. The maximum absolute atomic E-state index is 10.3. The SMILES string of the molecule is C=Cc1cc(O)c(C)cc1-c1cc(C)c(CC)cc1O. The zero-order valence-electron chi connectivity index (χ0n) is 12.2. The molecule has 104 valence electrons. The fourth-order valence-corrected chi connectivity index (χ4v) is 2.45. The van der Waals surface area contributed by atoms with E-state index in [0.717, 1.165) is 39.8 Å². The van der Waals surface area contributed by atoms with Crippen LogP contribution >= 0.6 is 0 Å². The lowest BCUT2D eigenvalue weighted by Crippen LogP contribution is -1.92. The van der Waals surface area contributed by atoms with Crippen LogP contribution in [0.4, 0.5) is 0 Å². The monoisotopic (exact) mass is 268 g/mol. The van der Waals surface area contributed by atoms with E-state index in [0.29, 0.717) is 0 Å². The molecule has 0 amide bonds. The van der Waals surface area contributed by atoms with Crippen LogP contribution in [0.5, 0.6) is 11.5 Å². The van der Waals surface area contributed by atoms with E-state index in [1.165, 1.54) is 0 Å². The second-order valence-corrected chi connectivity index (χ2v) is 5.08. The first-order chi connectivity index (χ1) is 9.47. The highest BCUT2D eigenvalue weighted by Gasteiger charge is 2.12. The van der Waals surface area contributed by atoms with Crippen LogP contribution in [0.1, 0.15) is 29.2 Å². The van der Waals surface area contributed by atoms with E-state index in [2.05, 4.69) is 13.5 Å². The third-order valence-corrected chi connectivity index (χ3v) is 3.71. The molecule has 0 fully saturated rings. The van der Waals surface area contributed by atoms with Crippen molar-refractivity contribution in [1.82, 2.24) is 0 Å². The van der Waals surface area contributed by atoms with E-state index in [1.807, 2.05) is 32.0 Å². The number of hydrogen-bond donors (Lipinski definition) is 2. The topological polar surface area (TPSA) is 40.5 Å². The Balaban J connectivity index is 2.71. The van der Waals surface area contributed by atoms with Crippen molar-refractivity contribution in [3.63, 3.8) is 0 Å². The molecular formula is C18H20O2. The number of phenolic OH excluding ortho intramolecular Hbond substituents is 2. The van der Waals surface area contributed by atoms with Gasteiger partial charge in [-0.15, -0.1) is 0 Å². The van der Waals surface area contributed by atoms with Crippen molar-refractivity contribution in [2.75, 3.05) is 0 Å². The van der Waals surface area contributed by atoms with Crippen LogP contribution in [0.3, 0.4) is 0 Å². The van der Waals surface area contributed by atoms with Gasteiger partial charge in [-0.25, -0.2) is 0 Å². The molecule has 0 saturated heterocycles. The average Bonchev–Trinajstić information content (AvgIpc) is 2.43. The lowest BCUT2D eigenvalue weighted by molar-refractivity contribution is 0.470. The first kappa shape index (κ1) is 14.2. The summed E-state index contributed by atoms with van der Waals surface area (Å²) in [5.74, 6) is 0.505. The quantitative estimate of drug-likeness (QED) is 0.855. The molecule has 2 rings (SSSR count). The Kier molecular flexibility index (Phi) is 3.84. The lowest BCUT2D eigenvalue weighted by atomic mass is 9.93. The van der Waals surface area contributed by atoms with Gasteiger partial charge >= 0.3 is 0 Å². The number of aryl methyl sites for hydroxylation is 3. The van der Waals surface area contributed by atoms with E-state index >= 15 is 0 Å². The van der Waals surface area contributed by atoms with Crippen LogP contribution in [-0.2, 0) is 6.42 Å². The number of hydrogen-bond acceptors (Lipinski definition) is 2. The molecular weight excluding hydrogens is 248 g/mol. The second-order valence-electron chi connectivity index (χ2n) is 5.08. The molecule has 0 aromatic heterocycles. The van der Waals surface area contributed by atoms with Crippen molar-refractivity contribution in [2.45, 2.75) is 27.2 Å². The van der Waals surface area contributed by atoms with E-state index in [1.54, 1.807) is 12.1 Å². The number of phenols is 2. The summed E-state index contributed by atoms with van der Waals surface area (Å²) in [5, 5.41) is 20.1. The largest absolute Gasteiger partial charge is 0.508 e. The fraction of sp³-hybridized carbons (Fsp3) is 0.222. The smallest absolute Gasteiger partial charge is 0.123 e. The molecule has 0 unspecified atom stereocenters. The Hall–Kier alpha value is -2.22. The van der Waals surface area contributed by atoms with Gasteiger partial charge in [0.2, 0.25) is 0 Å². The Morgan fingerprint density at radius 1 is 0.950 bits per heavy atom. The van der Waals surface area contributed by atoms with Crippen LogP contribution in [0.25, 0.3) is 17.2 Å². The number of rotatable bonds is 3. The number of benzene rings is 2. The Bertz CT molecular complexity index is 670. The summed E-state index contributed by atoms with van der Waals surface area (Å²) < 4.78 is 0. The standard InChI is InChI=1S/C18H20O2/c1-5-13-9-18(20)16(7-11(13)3)15-8-12(4)17(19)10-14(15)6-2/h6-10,19-20H,2,5H2,1,3-4H3. The Morgan fingerprint density at radius 3 is 2.20 bits per heavy atom. The minimum absolute atomic E-state index is 0.241. The molecule has 2 aromatic carbocycles. The van der Waals surface area contributed by atoms with Gasteiger partial charge in [-0.1, -0.05) is 19.6 Å². The van der Waals surface area contributed by atoms with E-state index in [9.17, 15) is 10.2 Å². The van der Waals surface area contributed by atoms with Gasteiger partial charge in [0.05, 0.1) is 0 Å². The minimum atomic E-state index is 0.241. The van der Waals surface area contributed by atoms with Gasteiger partial charge in [-0.2, -0.15) is 0 Å². The molecule has 0 aliphatic carbocycles. The molecule has 0 aliphatic rings. The summed E-state index contributed by atoms with van der Waals surface area (Å²) in [7, 11) is 0. The van der Waals surface area contributed by atoms with Crippen molar-refractivity contribution < 1.29 is 10.2 Å². The third kappa shape index (κ3) is 2.42. The van der Waals surface area contributed by atoms with Crippen LogP contribution in [0.2, 0.25) is 0 Å². The first-order valence-electron chi connectivity index (χ1n) is 6.76. The highest BCUT2D eigenvalue weighted by molar-refractivity contribution is 5.81. The van der Waals surface area contributed by atoms with Gasteiger partial charge in [0.15, 0.2) is 0 Å². The summed E-state index contributed by atoms with van der Waals surface area (Å²) in [5.41, 5.74) is 5.55. The summed E-state index contributed by atoms with van der Waals surface area (Å²) >= 11 is 0. The summed E-state index contributed by atoms with van der Waals surface area (Å²) in [6.45, 7) is 9.74. The van der Waals surface area contributed by atoms with Gasteiger partial charge in [0.1, 0.15) is 11.5 Å². The molecule has 0 heterocycles. The Labute approximate surface area is 120 Å². The predicted molar refractivity (Wildman–Crippen MR) is 84.2 cm³/mol. The lowest BCUT2D eigenvalue weighted by Gasteiger charge is -2.14. The summed E-state index contributed by atoms with van der Waals surface area (Å²) in [6, 6.07) is 7.37. The predicted octanol–water partition coefficient (Wildman–Crippen LogP) is 4.59. The molecule has 0 bridgehead atoms. The van der Waals surface area contributed by atoms with E-state index in [4.69, 9.17) is 0 Å². The van der Waals surface area contributed by atoms with Crippen molar-refractivity contribution in [2.24, 2.45) is 0 Å². The summed E-state index contributed by atoms with van der Waals surface area (Å²) in [4.78, 5) is 0. The van der Waals surface area contributed by atoms with Crippen molar-refractivity contribution in [3.8, 4) is 22.6 Å². The minimum Gasteiger partial charge on any atom is -0.508 e. The number of aromatic hydroxyl groups is 2. The maximum Gasteiger partial charge on any atom is 0.123 e. The van der Waals surface area contributed by atoms with Gasteiger partial charge in [-0.3, -0.25) is 0 Å².